The van der Waals surface area contributed by atoms with E-state index < -0.39 is 13.0 Å². The molecule has 0 radical (unpaired) electrons. The maximum atomic E-state index is 13.2. The molecule has 2 fully saturated rings. The number of likely N-dealkylation sites (tertiary alicyclic amines) is 1. The number of aryl methyl sites for hydroxylation is 1. The number of hydrogen-bond donors (Lipinski definition) is 2. The predicted molar refractivity (Wildman–Crippen MR) is 143 cm³/mol. The fourth-order valence-corrected chi connectivity index (χ4v) is 5.94. The number of anilines is 1. The van der Waals surface area contributed by atoms with Gasteiger partial charge < -0.3 is 24.5 Å². The number of alkyl halides is 2. The number of imidazole rings is 1. The first-order chi connectivity index (χ1) is 18.9. The van der Waals surface area contributed by atoms with Crippen LogP contribution in [0.1, 0.15) is 44.3 Å². The van der Waals surface area contributed by atoms with E-state index in [4.69, 9.17) is 9.72 Å². The van der Waals surface area contributed by atoms with Gasteiger partial charge in [-0.25, -0.2) is 18.7 Å². The van der Waals surface area contributed by atoms with E-state index in [1.54, 1.807) is 32.5 Å². The van der Waals surface area contributed by atoms with Crippen LogP contribution in [0, 0.1) is 12.8 Å². The number of aromatic amines is 1. The van der Waals surface area contributed by atoms with Gasteiger partial charge in [-0.05, 0) is 51.5 Å². The van der Waals surface area contributed by atoms with Crippen LogP contribution in [0.15, 0.2) is 18.5 Å². The molecule has 0 aromatic carbocycles. The molecule has 5 heterocycles. The van der Waals surface area contributed by atoms with Gasteiger partial charge in [0.05, 0.1) is 24.6 Å². The Morgan fingerprint density at radius 2 is 1.95 bits per heavy atom. The van der Waals surface area contributed by atoms with Gasteiger partial charge in [0.15, 0.2) is 5.65 Å². The largest absolute Gasteiger partial charge is 0.480 e. The summed E-state index contributed by atoms with van der Waals surface area (Å²) in [6.07, 6.45) is 6.65. The Morgan fingerprint density at radius 1 is 1.18 bits per heavy atom. The monoisotopic (exact) mass is 538 g/mol. The second-order valence-electron chi connectivity index (χ2n) is 10.4. The summed E-state index contributed by atoms with van der Waals surface area (Å²) in [6, 6.07) is 1.98. The lowest BCUT2D eigenvalue weighted by molar-refractivity contribution is -0.135. The van der Waals surface area contributed by atoms with Gasteiger partial charge in [-0.1, -0.05) is 0 Å². The van der Waals surface area contributed by atoms with Crippen LogP contribution < -0.4 is 10.1 Å². The Balaban J connectivity index is 1.23. The van der Waals surface area contributed by atoms with Crippen LogP contribution >= 0.6 is 0 Å². The van der Waals surface area contributed by atoms with E-state index in [1.165, 1.54) is 4.57 Å². The van der Waals surface area contributed by atoms with E-state index in [0.29, 0.717) is 51.3 Å². The normalized spacial score (nSPS) is 19.9. The van der Waals surface area contributed by atoms with E-state index in [-0.39, 0.29) is 12.0 Å². The molecule has 1 aliphatic carbocycles. The molecule has 39 heavy (non-hydrogen) atoms. The van der Waals surface area contributed by atoms with E-state index in [0.717, 1.165) is 57.2 Å². The molecule has 10 nitrogen and oxygen atoms in total. The number of carbonyl (C=O) groups excluding carboxylic acids is 1. The molecule has 12 heteroatoms. The van der Waals surface area contributed by atoms with Crippen molar-refractivity contribution >= 4 is 34.1 Å². The van der Waals surface area contributed by atoms with Crippen molar-refractivity contribution < 1.29 is 18.3 Å². The van der Waals surface area contributed by atoms with Gasteiger partial charge in [-0.2, -0.15) is 9.97 Å². The lowest BCUT2D eigenvalue weighted by atomic mass is 9.85. The smallest absolute Gasteiger partial charge is 0.256 e. The molecule has 0 bridgehead atoms. The number of carbonyl (C=O) groups is 1. The molecule has 1 aliphatic heterocycles. The molecule has 1 saturated carbocycles. The molecule has 2 N–H and O–H groups in total. The molecule has 4 aromatic heterocycles. The average Bonchev–Trinajstić information content (AvgIpc) is 3.68. The maximum Gasteiger partial charge on any atom is 0.256 e. The maximum absolute atomic E-state index is 13.2. The first kappa shape index (κ1) is 25.4. The van der Waals surface area contributed by atoms with Gasteiger partial charge >= 0.3 is 0 Å². The summed E-state index contributed by atoms with van der Waals surface area (Å²) >= 11 is 0. The van der Waals surface area contributed by atoms with Gasteiger partial charge in [0.25, 0.3) is 6.43 Å². The minimum atomic E-state index is -2.50. The van der Waals surface area contributed by atoms with Crippen molar-refractivity contribution in [1.29, 1.82) is 0 Å². The number of methoxy groups -OCH3 is 1. The SMILES string of the molecule is COc1nc(NC2CCC(C(=O)N3CCCC3)CC2)nc2[nH]cc(-c3cnc4nc(C)n(CC(F)F)c4c3)c12. The third-order valence-electron chi connectivity index (χ3n) is 7.95. The Bertz CT molecular complexity index is 1500. The Hall–Kier alpha value is -3.83. The summed E-state index contributed by atoms with van der Waals surface area (Å²) in [5.74, 6) is 1.76. The number of nitrogens with zero attached hydrogens (tertiary/aromatic N) is 6. The number of amides is 1. The summed E-state index contributed by atoms with van der Waals surface area (Å²) in [6.45, 7) is 3.03. The number of fused-ring (bicyclic) bond motifs is 2. The highest BCUT2D eigenvalue weighted by atomic mass is 19.3. The van der Waals surface area contributed by atoms with E-state index >= 15 is 0 Å². The number of nitrogens with one attached hydrogen (secondary N) is 2. The fraction of sp³-hybridized carbons (Fsp3) is 0.519. The molecule has 0 unspecified atom stereocenters. The zero-order chi connectivity index (χ0) is 27.1. The van der Waals surface area contributed by atoms with Crippen LogP contribution in [0.5, 0.6) is 5.88 Å². The number of hydrogen-bond acceptors (Lipinski definition) is 7. The van der Waals surface area contributed by atoms with Gasteiger partial charge in [-0.3, -0.25) is 4.79 Å². The zero-order valence-electron chi connectivity index (χ0n) is 22.1. The molecule has 2 aliphatic rings. The number of halogens is 2. The number of H-pyrrole nitrogens is 1. The van der Waals surface area contributed by atoms with Crippen LogP contribution in [0.3, 0.4) is 0 Å². The van der Waals surface area contributed by atoms with Crippen LogP contribution in [-0.4, -0.2) is 73.0 Å². The molecule has 1 saturated heterocycles. The van der Waals surface area contributed by atoms with Crippen LogP contribution in [0.2, 0.25) is 0 Å². The summed E-state index contributed by atoms with van der Waals surface area (Å²) in [4.78, 5) is 36.1. The third-order valence-corrected chi connectivity index (χ3v) is 7.95. The zero-order valence-corrected chi connectivity index (χ0v) is 22.1. The predicted octanol–water partition coefficient (Wildman–Crippen LogP) is 4.54. The minimum absolute atomic E-state index is 0.108. The van der Waals surface area contributed by atoms with Crippen LogP contribution in [0.4, 0.5) is 14.7 Å². The van der Waals surface area contributed by atoms with Crippen molar-refractivity contribution in [3.63, 3.8) is 0 Å². The molecule has 0 spiro atoms. The van der Waals surface area contributed by atoms with E-state index in [1.807, 2.05) is 4.90 Å². The summed E-state index contributed by atoms with van der Waals surface area (Å²) in [5, 5.41) is 4.12. The standard InChI is InChI=1S/C27H32F2N8O2/c1-15-32-23-20(37(15)14-21(28)29)11-17(12-30-23)19-13-31-24-22(19)25(39-2)35-27(34-24)33-18-7-5-16(6-8-18)26(38)36-9-3-4-10-36/h11-13,16,18,21H,3-10,14H2,1-2H3,(H2,31,33,34,35). The number of aromatic nitrogens is 6. The van der Waals surface area contributed by atoms with Gasteiger partial charge in [0.1, 0.15) is 11.5 Å². The third kappa shape index (κ3) is 4.87. The van der Waals surface area contributed by atoms with Crippen molar-refractivity contribution in [3.05, 3.63) is 24.3 Å². The van der Waals surface area contributed by atoms with Crippen molar-refractivity contribution in [2.75, 3.05) is 25.5 Å². The molecule has 6 rings (SSSR count). The van der Waals surface area contributed by atoms with Crippen LogP contribution in [-0.2, 0) is 11.3 Å². The quantitative estimate of drug-likeness (QED) is 0.355. The van der Waals surface area contributed by atoms with Gasteiger partial charge in [-0.15, -0.1) is 0 Å². The van der Waals surface area contributed by atoms with E-state index in [9.17, 15) is 13.6 Å². The van der Waals surface area contributed by atoms with E-state index in [2.05, 4.69) is 25.3 Å². The highest BCUT2D eigenvalue weighted by molar-refractivity contribution is 5.98. The lowest BCUT2D eigenvalue weighted by Crippen LogP contribution is -2.37. The number of ether oxygens (including phenoxy) is 1. The second-order valence-corrected chi connectivity index (χ2v) is 10.4. The Kier molecular flexibility index (Phi) is 6.78. The average molecular weight is 539 g/mol. The van der Waals surface area contributed by atoms with Gasteiger partial charge in [0.2, 0.25) is 17.7 Å². The molecule has 4 aromatic rings. The fourth-order valence-electron chi connectivity index (χ4n) is 5.94. The summed E-state index contributed by atoms with van der Waals surface area (Å²) in [5.41, 5.74) is 3.02. The molecule has 0 atom stereocenters. The highest BCUT2D eigenvalue weighted by Gasteiger charge is 2.31. The van der Waals surface area contributed by atoms with Crippen molar-refractivity contribution in [2.24, 2.45) is 5.92 Å². The van der Waals surface area contributed by atoms with Crippen molar-refractivity contribution in [1.82, 2.24) is 34.4 Å². The number of pyridine rings is 1. The second kappa shape index (κ2) is 10.4. The molecule has 206 valence electrons. The summed E-state index contributed by atoms with van der Waals surface area (Å²) in [7, 11) is 1.56. The minimum Gasteiger partial charge on any atom is -0.480 e. The topological polar surface area (TPSA) is 114 Å². The Labute approximate surface area is 224 Å². The lowest BCUT2D eigenvalue weighted by Gasteiger charge is -2.30. The number of rotatable bonds is 7. The molecular weight excluding hydrogens is 506 g/mol. The van der Waals surface area contributed by atoms with Crippen molar-refractivity contribution in [3.8, 4) is 17.0 Å². The van der Waals surface area contributed by atoms with Gasteiger partial charge in [0, 0.05) is 48.6 Å². The highest BCUT2D eigenvalue weighted by Crippen LogP contribution is 2.36. The van der Waals surface area contributed by atoms with Crippen molar-refractivity contribution in [2.45, 2.75) is 64.5 Å². The first-order valence-corrected chi connectivity index (χ1v) is 13.5. The Morgan fingerprint density at radius 3 is 2.67 bits per heavy atom. The molecular formula is C27H32F2N8O2. The summed E-state index contributed by atoms with van der Waals surface area (Å²) < 4.78 is 33.5. The van der Waals surface area contributed by atoms with Crippen LogP contribution in [0.25, 0.3) is 33.3 Å². The molecule has 1 amide bonds. The first-order valence-electron chi connectivity index (χ1n) is 13.5.